The van der Waals surface area contributed by atoms with Gasteiger partial charge in [-0.25, -0.2) is 4.39 Å². The van der Waals surface area contributed by atoms with Crippen molar-refractivity contribution in [2.24, 2.45) is 0 Å². The van der Waals surface area contributed by atoms with Crippen molar-refractivity contribution in [1.82, 2.24) is 15.5 Å². The third kappa shape index (κ3) is 2.48. The molecule has 1 aromatic rings. The van der Waals surface area contributed by atoms with Gasteiger partial charge in [-0.05, 0) is 19.9 Å². The summed E-state index contributed by atoms with van der Waals surface area (Å²) in [7, 11) is 0. The first-order chi connectivity index (χ1) is 6.65. The van der Waals surface area contributed by atoms with Gasteiger partial charge in [0.2, 0.25) is 0 Å². The van der Waals surface area contributed by atoms with Gasteiger partial charge in [0.1, 0.15) is 6.67 Å². The maximum atomic E-state index is 11.8. The third-order valence-electron chi connectivity index (χ3n) is 1.73. The number of aromatic nitrogens is 2. The van der Waals surface area contributed by atoms with Crippen LogP contribution in [-0.4, -0.2) is 29.3 Å². The molecule has 4 nitrogen and oxygen atoms in total. The van der Waals surface area contributed by atoms with Crippen LogP contribution in [0.15, 0.2) is 6.07 Å². The maximum Gasteiger partial charge on any atom is 0.253 e. The molecule has 0 aliphatic carbocycles. The molecule has 1 amide bonds. The molecule has 0 aliphatic heterocycles. The molecule has 14 heavy (non-hydrogen) atoms. The Kier molecular flexibility index (Phi) is 3.50. The second kappa shape index (κ2) is 4.64. The second-order valence-electron chi connectivity index (χ2n) is 2.93. The van der Waals surface area contributed by atoms with Crippen LogP contribution in [0.2, 0.25) is 0 Å². The Morgan fingerprint density at radius 3 is 2.86 bits per heavy atom. The second-order valence-corrected chi connectivity index (χ2v) is 2.93. The highest BCUT2D eigenvalue weighted by atomic mass is 19.1. The lowest BCUT2D eigenvalue weighted by atomic mass is 10.2. The number of amides is 1. The monoisotopic (exact) mass is 197 g/mol. The van der Waals surface area contributed by atoms with Gasteiger partial charge in [0.15, 0.2) is 0 Å². The van der Waals surface area contributed by atoms with Gasteiger partial charge in [0, 0.05) is 6.54 Å². The summed E-state index contributed by atoms with van der Waals surface area (Å²) in [5.41, 5.74) is 1.67. The highest BCUT2D eigenvalue weighted by Crippen LogP contribution is 2.04. The summed E-state index contributed by atoms with van der Waals surface area (Å²) in [6.07, 6.45) is 0. The van der Waals surface area contributed by atoms with E-state index in [1.807, 2.05) is 0 Å². The minimum absolute atomic E-state index is 0.0274. The van der Waals surface area contributed by atoms with Crippen LogP contribution in [-0.2, 0) is 0 Å². The first kappa shape index (κ1) is 10.6. The molecule has 1 heterocycles. The van der Waals surface area contributed by atoms with Gasteiger partial charge < -0.3 is 5.32 Å². The summed E-state index contributed by atoms with van der Waals surface area (Å²) in [5.74, 6) is -0.307. The van der Waals surface area contributed by atoms with E-state index in [0.29, 0.717) is 17.0 Å². The number of nitrogens with zero attached hydrogens (tertiary/aromatic N) is 2. The Hall–Kier alpha value is -1.52. The number of halogens is 1. The van der Waals surface area contributed by atoms with Gasteiger partial charge in [-0.15, -0.1) is 0 Å². The van der Waals surface area contributed by atoms with Crippen molar-refractivity contribution in [2.45, 2.75) is 13.8 Å². The standard InChI is InChI=1S/C9H12FN3O/c1-6-5-8(7(2)13-12-6)9(14)11-4-3-10/h5H,3-4H2,1-2H3,(H,11,14). The Bertz CT molecular complexity index is 341. The Morgan fingerprint density at radius 1 is 1.50 bits per heavy atom. The molecular formula is C9H12FN3O. The summed E-state index contributed by atoms with van der Waals surface area (Å²) < 4.78 is 11.8. The molecule has 0 bridgehead atoms. The molecule has 0 saturated carbocycles. The van der Waals surface area contributed by atoms with Gasteiger partial charge in [-0.3, -0.25) is 4.79 Å². The molecular weight excluding hydrogens is 185 g/mol. The summed E-state index contributed by atoms with van der Waals surface area (Å²) >= 11 is 0. The largest absolute Gasteiger partial charge is 0.349 e. The van der Waals surface area contributed by atoms with Crippen LogP contribution in [0, 0.1) is 13.8 Å². The highest BCUT2D eigenvalue weighted by molar-refractivity contribution is 5.95. The number of hydrogen-bond acceptors (Lipinski definition) is 3. The summed E-state index contributed by atoms with van der Waals surface area (Å²) in [5, 5.41) is 10.0. The van der Waals surface area contributed by atoms with Crippen molar-refractivity contribution in [3.05, 3.63) is 23.0 Å². The topological polar surface area (TPSA) is 54.9 Å². The minimum atomic E-state index is -0.567. The van der Waals surface area contributed by atoms with Gasteiger partial charge in [-0.2, -0.15) is 10.2 Å². The molecule has 1 rings (SSSR count). The molecule has 1 aromatic heterocycles. The zero-order valence-corrected chi connectivity index (χ0v) is 8.17. The average Bonchev–Trinajstić information content (AvgIpc) is 2.18. The summed E-state index contributed by atoms with van der Waals surface area (Å²) in [6, 6.07) is 1.63. The van der Waals surface area contributed by atoms with E-state index >= 15 is 0 Å². The number of nitrogens with one attached hydrogen (secondary N) is 1. The molecule has 0 atom stereocenters. The van der Waals surface area contributed by atoms with Crippen LogP contribution >= 0.6 is 0 Å². The molecule has 0 aromatic carbocycles. The van der Waals surface area contributed by atoms with Crippen LogP contribution in [0.4, 0.5) is 4.39 Å². The lowest BCUT2D eigenvalue weighted by Gasteiger charge is -2.05. The van der Waals surface area contributed by atoms with E-state index in [1.54, 1.807) is 19.9 Å². The average molecular weight is 197 g/mol. The van der Waals surface area contributed by atoms with Gasteiger partial charge in [-0.1, -0.05) is 0 Å². The van der Waals surface area contributed by atoms with Crippen LogP contribution < -0.4 is 5.32 Å². The van der Waals surface area contributed by atoms with Gasteiger partial charge in [0.05, 0.1) is 17.0 Å². The van der Waals surface area contributed by atoms with E-state index < -0.39 is 6.67 Å². The van der Waals surface area contributed by atoms with E-state index in [1.165, 1.54) is 0 Å². The van der Waals surface area contributed by atoms with E-state index in [-0.39, 0.29) is 12.5 Å². The van der Waals surface area contributed by atoms with E-state index in [9.17, 15) is 9.18 Å². The third-order valence-corrected chi connectivity index (χ3v) is 1.73. The number of rotatable bonds is 3. The summed E-state index contributed by atoms with van der Waals surface area (Å²) in [4.78, 5) is 11.4. The Balaban J connectivity index is 2.83. The van der Waals surface area contributed by atoms with Crippen molar-refractivity contribution in [3.63, 3.8) is 0 Å². The number of carbonyl (C=O) groups is 1. The van der Waals surface area contributed by atoms with Crippen molar-refractivity contribution < 1.29 is 9.18 Å². The predicted octanol–water partition coefficient (Wildman–Crippen LogP) is 0.793. The molecule has 0 unspecified atom stereocenters. The predicted molar refractivity (Wildman–Crippen MR) is 49.8 cm³/mol. The van der Waals surface area contributed by atoms with Gasteiger partial charge >= 0.3 is 0 Å². The van der Waals surface area contributed by atoms with Crippen LogP contribution in [0.25, 0.3) is 0 Å². The number of alkyl halides is 1. The van der Waals surface area contributed by atoms with Crippen molar-refractivity contribution in [1.29, 1.82) is 0 Å². The molecule has 0 aliphatic rings. The summed E-state index contributed by atoms with van der Waals surface area (Å²) in [6.45, 7) is 2.90. The first-order valence-corrected chi connectivity index (χ1v) is 4.30. The molecule has 0 radical (unpaired) electrons. The van der Waals surface area contributed by atoms with E-state index in [0.717, 1.165) is 0 Å². The normalized spacial score (nSPS) is 9.93. The number of aryl methyl sites for hydroxylation is 2. The first-order valence-electron chi connectivity index (χ1n) is 4.30. The maximum absolute atomic E-state index is 11.8. The smallest absolute Gasteiger partial charge is 0.253 e. The van der Waals surface area contributed by atoms with Crippen molar-refractivity contribution >= 4 is 5.91 Å². The fraction of sp³-hybridized carbons (Fsp3) is 0.444. The molecule has 1 N–H and O–H groups in total. The fourth-order valence-electron chi connectivity index (χ4n) is 1.04. The zero-order chi connectivity index (χ0) is 10.6. The van der Waals surface area contributed by atoms with Gasteiger partial charge in [0.25, 0.3) is 5.91 Å². The van der Waals surface area contributed by atoms with Crippen LogP contribution in [0.5, 0.6) is 0 Å². The number of hydrogen-bond donors (Lipinski definition) is 1. The minimum Gasteiger partial charge on any atom is -0.349 e. The zero-order valence-electron chi connectivity index (χ0n) is 8.17. The van der Waals surface area contributed by atoms with Crippen molar-refractivity contribution in [3.8, 4) is 0 Å². The molecule has 76 valence electrons. The lowest BCUT2D eigenvalue weighted by Crippen LogP contribution is -2.26. The molecule has 0 spiro atoms. The lowest BCUT2D eigenvalue weighted by molar-refractivity contribution is 0.0949. The van der Waals surface area contributed by atoms with Crippen LogP contribution in [0.1, 0.15) is 21.7 Å². The quantitative estimate of drug-likeness (QED) is 0.779. The highest BCUT2D eigenvalue weighted by Gasteiger charge is 2.09. The SMILES string of the molecule is Cc1cc(C(=O)NCCF)c(C)nn1. The number of carbonyl (C=O) groups excluding carboxylic acids is 1. The fourth-order valence-corrected chi connectivity index (χ4v) is 1.04. The van der Waals surface area contributed by atoms with Crippen LogP contribution in [0.3, 0.4) is 0 Å². The molecule has 5 heteroatoms. The van der Waals surface area contributed by atoms with Crippen molar-refractivity contribution in [2.75, 3.05) is 13.2 Å². The van der Waals surface area contributed by atoms with E-state index in [2.05, 4.69) is 15.5 Å². The Morgan fingerprint density at radius 2 is 2.21 bits per heavy atom. The molecule has 0 fully saturated rings. The van der Waals surface area contributed by atoms with E-state index in [4.69, 9.17) is 0 Å². The Labute approximate surface area is 81.5 Å². The molecule has 0 saturated heterocycles.